The van der Waals surface area contributed by atoms with Crippen LogP contribution in [-0.2, 0) is 0 Å². The van der Waals surface area contributed by atoms with Crippen molar-refractivity contribution in [1.82, 2.24) is 9.97 Å². The molecule has 0 atom stereocenters. The monoisotopic (exact) mass is 543 g/mol. The third kappa shape index (κ3) is 4.42. The van der Waals surface area contributed by atoms with Crippen molar-refractivity contribution >= 4 is 28.3 Å². The summed E-state index contributed by atoms with van der Waals surface area (Å²) in [7, 11) is 0. The van der Waals surface area contributed by atoms with Crippen LogP contribution in [0.4, 0.5) is 5.69 Å². The molecule has 160 valence electrons. The summed E-state index contributed by atoms with van der Waals surface area (Å²) in [6.45, 7) is 0. The first-order chi connectivity index (χ1) is 16.1. The number of nitro benzene ring substituents is 1. The van der Waals surface area contributed by atoms with E-state index in [2.05, 4.69) is 76.1 Å². The molecule has 0 bridgehead atoms. The standard InChI is InChI=1S/C27H18IN3O2/c28-23-14-10-22(11-15-23)27-29-25(20-4-2-1-3-5-20)26(30-27)21-8-6-18(7-9-21)19-12-16-24(17-13-19)31(32)33/h1-17H,(H,29,30). The Hall–Kier alpha value is -3.78. The second kappa shape index (κ2) is 8.99. The number of aromatic amines is 1. The van der Waals surface area contributed by atoms with Crippen LogP contribution in [0.15, 0.2) is 103 Å². The zero-order valence-electron chi connectivity index (χ0n) is 17.4. The quantitative estimate of drug-likeness (QED) is 0.141. The molecule has 0 spiro atoms. The topological polar surface area (TPSA) is 71.8 Å². The molecule has 5 nitrogen and oxygen atoms in total. The molecule has 0 aliphatic heterocycles. The number of nitro groups is 1. The lowest BCUT2D eigenvalue weighted by Crippen LogP contribution is -1.87. The lowest BCUT2D eigenvalue weighted by atomic mass is 10.0. The summed E-state index contributed by atoms with van der Waals surface area (Å²) >= 11 is 2.30. The summed E-state index contributed by atoms with van der Waals surface area (Å²) in [5, 5.41) is 10.9. The second-order valence-electron chi connectivity index (χ2n) is 7.56. The fourth-order valence-electron chi connectivity index (χ4n) is 3.74. The number of non-ortho nitro benzene ring substituents is 1. The largest absolute Gasteiger partial charge is 0.337 e. The maximum atomic E-state index is 10.9. The van der Waals surface area contributed by atoms with Crippen molar-refractivity contribution in [2.45, 2.75) is 0 Å². The highest BCUT2D eigenvalue weighted by atomic mass is 127. The van der Waals surface area contributed by atoms with Gasteiger partial charge in [-0.15, -0.1) is 0 Å². The summed E-state index contributed by atoms with van der Waals surface area (Å²) in [4.78, 5) is 19.0. The van der Waals surface area contributed by atoms with E-state index in [0.29, 0.717) is 0 Å². The molecular formula is C27H18IN3O2. The van der Waals surface area contributed by atoms with Gasteiger partial charge in [0.25, 0.3) is 5.69 Å². The van der Waals surface area contributed by atoms with Gasteiger partial charge in [-0.3, -0.25) is 10.1 Å². The van der Waals surface area contributed by atoms with Gasteiger partial charge in [0.15, 0.2) is 0 Å². The molecule has 0 fully saturated rings. The van der Waals surface area contributed by atoms with E-state index in [1.807, 2.05) is 30.3 Å². The van der Waals surface area contributed by atoms with Crippen LogP contribution in [0.2, 0.25) is 0 Å². The third-order valence-electron chi connectivity index (χ3n) is 5.45. The van der Waals surface area contributed by atoms with E-state index < -0.39 is 0 Å². The number of aromatic nitrogens is 2. The average molecular weight is 543 g/mol. The molecule has 5 rings (SSSR count). The van der Waals surface area contributed by atoms with Crippen LogP contribution >= 0.6 is 22.6 Å². The number of nitrogens with one attached hydrogen (secondary N) is 1. The Kier molecular flexibility index (Phi) is 5.75. The van der Waals surface area contributed by atoms with Gasteiger partial charge < -0.3 is 4.98 Å². The van der Waals surface area contributed by atoms with Crippen LogP contribution in [0.3, 0.4) is 0 Å². The molecule has 0 amide bonds. The lowest BCUT2D eigenvalue weighted by Gasteiger charge is -2.06. The van der Waals surface area contributed by atoms with E-state index >= 15 is 0 Å². The number of imidazole rings is 1. The number of hydrogen-bond acceptors (Lipinski definition) is 3. The minimum Gasteiger partial charge on any atom is -0.337 e. The summed E-state index contributed by atoms with van der Waals surface area (Å²) in [5.41, 5.74) is 6.94. The van der Waals surface area contributed by atoms with Crippen molar-refractivity contribution in [3.63, 3.8) is 0 Å². The Morgan fingerprint density at radius 1 is 0.667 bits per heavy atom. The molecular weight excluding hydrogens is 525 g/mol. The average Bonchev–Trinajstić information content (AvgIpc) is 3.31. The van der Waals surface area contributed by atoms with Gasteiger partial charge in [-0.2, -0.15) is 0 Å². The molecule has 33 heavy (non-hydrogen) atoms. The van der Waals surface area contributed by atoms with E-state index in [1.54, 1.807) is 12.1 Å². The Morgan fingerprint density at radius 2 is 1.21 bits per heavy atom. The molecule has 0 saturated heterocycles. The molecule has 5 aromatic rings. The first-order valence-electron chi connectivity index (χ1n) is 10.3. The molecule has 0 radical (unpaired) electrons. The number of hydrogen-bond donors (Lipinski definition) is 1. The van der Waals surface area contributed by atoms with E-state index in [1.165, 1.54) is 15.7 Å². The Labute approximate surface area is 204 Å². The van der Waals surface area contributed by atoms with Crippen molar-refractivity contribution in [3.05, 3.63) is 117 Å². The molecule has 1 N–H and O–H groups in total. The van der Waals surface area contributed by atoms with Crippen molar-refractivity contribution in [2.24, 2.45) is 0 Å². The zero-order valence-corrected chi connectivity index (χ0v) is 19.6. The third-order valence-corrected chi connectivity index (χ3v) is 6.17. The van der Waals surface area contributed by atoms with Crippen molar-refractivity contribution < 1.29 is 4.92 Å². The van der Waals surface area contributed by atoms with Gasteiger partial charge in [0.2, 0.25) is 0 Å². The summed E-state index contributed by atoms with van der Waals surface area (Å²) in [6, 6.07) is 33.1. The fraction of sp³-hybridized carbons (Fsp3) is 0. The Bertz CT molecular complexity index is 1410. The molecule has 6 heteroatoms. The lowest BCUT2D eigenvalue weighted by molar-refractivity contribution is -0.384. The number of H-pyrrole nitrogens is 1. The van der Waals surface area contributed by atoms with Crippen LogP contribution in [-0.4, -0.2) is 14.9 Å². The van der Waals surface area contributed by atoms with Gasteiger partial charge in [-0.05, 0) is 58.0 Å². The van der Waals surface area contributed by atoms with Crippen molar-refractivity contribution in [2.75, 3.05) is 0 Å². The van der Waals surface area contributed by atoms with Gasteiger partial charge in [0, 0.05) is 32.4 Å². The van der Waals surface area contributed by atoms with E-state index in [-0.39, 0.29) is 10.6 Å². The highest BCUT2D eigenvalue weighted by Crippen LogP contribution is 2.34. The predicted molar refractivity (Wildman–Crippen MR) is 140 cm³/mol. The van der Waals surface area contributed by atoms with E-state index in [0.717, 1.165) is 45.0 Å². The van der Waals surface area contributed by atoms with Crippen LogP contribution in [0.25, 0.3) is 45.0 Å². The second-order valence-corrected chi connectivity index (χ2v) is 8.81. The summed E-state index contributed by atoms with van der Waals surface area (Å²) < 4.78 is 1.17. The van der Waals surface area contributed by atoms with Gasteiger partial charge in [0.05, 0.1) is 16.3 Å². The van der Waals surface area contributed by atoms with E-state index in [9.17, 15) is 10.1 Å². The number of nitrogens with zero attached hydrogens (tertiary/aromatic N) is 2. The minimum atomic E-state index is -0.387. The van der Waals surface area contributed by atoms with Gasteiger partial charge >= 0.3 is 0 Å². The highest BCUT2D eigenvalue weighted by molar-refractivity contribution is 14.1. The maximum Gasteiger partial charge on any atom is 0.269 e. The number of halogens is 1. The Morgan fingerprint density at radius 3 is 1.82 bits per heavy atom. The molecule has 4 aromatic carbocycles. The molecule has 1 aromatic heterocycles. The first-order valence-corrected chi connectivity index (χ1v) is 11.4. The minimum absolute atomic E-state index is 0.0865. The number of benzene rings is 4. The van der Waals surface area contributed by atoms with E-state index in [4.69, 9.17) is 4.98 Å². The highest BCUT2D eigenvalue weighted by Gasteiger charge is 2.15. The van der Waals surface area contributed by atoms with Crippen LogP contribution in [0, 0.1) is 13.7 Å². The van der Waals surface area contributed by atoms with Gasteiger partial charge in [-0.25, -0.2) is 4.98 Å². The van der Waals surface area contributed by atoms with Gasteiger partial charge in [0.1, 0.15) is 5.82 Å². The number of rotatable bonds is 5. The normalized spacial score (nSPS) is 10.8. The van der Waals surface area contributed by atoms with Crippen LogP contribution in [0.5, 0.6) is 0 Å². The molecule has 0 unspecified atom stereocenters. The smallest absolute Gasteiger partial charge is 0.269 e. The van der Waals surface area contributed by atoms with Crippen LogP contribution < -0.4 is 0 Å². The molecule has 0 aliphatic rings. The fourth-order valence-corrected chi connectivity index (χ4v) is 4.10. The van der Waals surface area contributed by atoms with Crippen molar-refractivity contribution in [3.8, 4) is 45.0 Å². The van der Waals surface area contributed by atoms with Gasteiger partial charge in [-0.1, -0.05) is 66.7 Å². The maximum absolute atomic E-state index is 10.9. The molecule has 0 saturated carbocycles. The zero-order chi connectivity index (χ0) is 22.8. The molecule has 1 heterocycles. The first kappa shape index (κ1) is 21.1. The predicted octanol–water partition coefficient (Wildman–Crippen LogP) is 7.59. The summed E-state index contributed by atoms with van der Waals surface area (Å²) in [5.74, 6) is 0.819. The SMILES string of the molecule is O=[N+]([O-])c1ccc(-c2ccc(-c3[nH]c(-c4ccc(I)cc4)nc3-c3ccccc3)cc2)cc1. The molecule has 0 aliphatic carbocycles. The summed E-state index contributed by atoms with van der Waals surface area (Å²) in [6.07, 6.45) is 0. The van der Waals surface area contributed by atoms with Crippen molar-refractivity contribution in [1.29, 1.82) is 0 Å². The Balaban J connectivity index is 1.55. The van der Waals surface area contributed by atoms with Crippen LogP contribution in [0.1, 0.15) is 0 Å².